The lowest BCUT2D eigenvalue weighted by Gasteiger charge is -2.32. The van der Waals surface area contributed by atoms with E-state index in [0.29, 0.717) is 18.2 Å². The van der Waals surface area contributed by atoms with Crippen LogP contribution >= 0.6 is 24.0 Å². The van der Waals surface area contributed by atoms with Gasteiger partial charge in [-0.25, -0.2) is 9.38 Å². The summed E-state index contributed by atoms with van der Waals surface area (Å²) in [6.45, 7) is 9.37. The molecule has 0 radical (unpaired) electrons. The molecule has 0 bridgehead atoms. The largest absolute Gasteiger partial charge is 0.392 e. The van der Waals surface area contributed by atoms with E-state index >= 15 is 0 Å². The zero-order valence-electron chi connectivity index (χ0n) is 15.5. The van der Waals surface area contributed by atoms with Gasteiger partial charge >= 0.3 is 0 Å². The summed E-state index contributed by atoms with van der Waals surface area (Å²) < 4.78 is 18.8. The van der Waals surface area contributed by atoms with Gasteiger partial charge in [-0.05, 0) is 31.5 Å². The highest BCUT2D eigenvalue weighted by molar-refractivity contribution is 14.0. The topological polar surface area (TPSA) is 69.1 Å². The van der Waals surface area contributed by atoms with Crippen LogP contribution in [0.15, 0.2) is 23.2 Å². The molecule has 0 aliphatic carbocycles. The average molecular weight is 480 g/mol. The Morgan fingerprint density at radius 2 is 2.08 bits per heavy atom. The molecule has 0 amide bonds. The van der Waals surface area contributed by atoms with E-state index in [9.17, 15) is 4.39 Å². The number of rotatable bonds is 7. The van der Waals surface area contributed by atoms with Crippen LogP contribution in [0, 0.1) is 5.82 Å². The first-order valence-corrected chi connectivity index (χ1v) is 8.86. The highest BCUT2D eigenvalue weighted by Gasteiger charge is 2.17. The number of aliphatic hydroxyl groups excluding tert-OH is 1. The first kappa shape index (κ1) is 23.1. The van der Waals surface area contributed by atoms with Crippen molar-refractivity contribution in [2.24, 2.45) is 4.99 Å². The van der Waals surface area contributed by atoms with Gasteiger partial charge < -0.3 is 20.5 Å². The van der Waals surface area contributed by atoms with Crippen LogP contribution in [0.3, 0.4) is 0 Å². The molecule has 0 aromatic heterocycles. The van der Waals surface area contributed by atoms with Crippen molar-refractivity contribution in [3.05, 3.63) is 35.1 Å². The Hall–Kier alpha value is -0.970. The maximum Gasteiger partial charge on any atom is 0.191 e. The van der Waals surface area contributed by atoms with Crippen molar-refractivity contribution < 1.29 is 14.2 Å². The fourth-order valence-corrected chi connectivity index (χ4v) is 2.75. The standard InChI is InChI=1S/C18H29FN4O2.HI/c1-3-20-18(21-11-14(2)23-6-8-25-9-7-23)22-12-15-4-5-17(19)16(10-15)13-24;/h4-5,10,14,24H,3,6-9,11-13H2,1-2H3,(H2,20,21,22);1H. The van der Waals surface area contributed by atoms with Gasteiger partial charge in [0.2, 0.25) is 0 Å². The van der Waals surface area contributed by atoms with Crippen LogP contribution < -0.4 is 10.6 Å². The molecule has 1 heterocycles. The number of hydrogen-bond acceptors (Lipinski definition) is 4. The third kappa shape index (κ3) is 7.34. The Morgan fingerprint density at radius 3 is 2.73 bits per heavy atom. The predicted octanol–water partition coefficient (Wildman–Crippen LogP) is 1.71. The zero-order valence-corrected chi connectivity index (χ0v) is 17.8. The molecule has 1 aromatic carbocycles. The van der Waals surface area contributed by atoms with Gasteiger partial charge in [-0.15, -0.1) is 24.0 Å². The lowest BCUT2D eigenvalue weighted by molar-refractivity contribution is 0.0211. The van der Waals surface area contributed by atoms with Gasteiger partial charge in [-0.1, -0.05) is 6.07 Å². The van der Waals surface area contributed by atoms with Crippen molar-refractivity contribution in [3.8, 4) is 0 Å². The second-order valence-electron chi connectivity index (χ2n) is 6.16. The molecule has 6 nitrogen and oxygen atoms in total. The summed E-state index contributed by atoms with van der Waals surface area (Å²) in [5, 5.41) is 15.7. The molecular weight excluding hydrogens is 450 g/mol. The number of nitrogens with one attached hydrogen (secondary N) is 2. The molecule has 26 heavy (non-hydrogen) atoms. The third-order valence-electron chi connectivity index (χ3n) is 4.28. The number of morpholine rings is 1. The van der Waals surface area contributed by atoms with Crippen LogP contribution in [-0.2, 0) is 17.9 Å². The van der Waals surface area contributed by atoms with Crippen LogP contribution in [0.4, 0.5) is 4.39 Å². The molecule has 1 atom stereocenters. The number of halogens is 2. The Bertz CT molecular complexity index is 568. The van der Waals surface area contributed by atoms with E-state index in [1.807, 2.05) is 6.92 Å². The summed E-state index contributed by atoms with van der Waals surface area (Å²) in [5.41, 5.74) is 1.16. The molecule has 1 aromatic rings. The van der Waals surface area contributed by atoms with Gasteiger partial charge in [0.1, 0.15) is 5.82 Å². The van der Waals surface area contributed by atoms with Crippen LogP contribution in [0.2, 0.25) is 0 Å². The van der Waals surface area contributed by atoms with Crippen LogP contribution in [0.1, 0.15) is 25.0 Å². The SMILES string of the molecule is CCNC(=NCc1ccc(F)c(CO)c1)NCC(C)N1CCOCC1.I. The molecule has 1 aliphatic rings. The number of nitrogens with zero attached hydrogens (tertiary/aromatic N) is 2. The third-order valence-corrected chi connectivity index (χ3v) is 4.28. The van der Waals surface area contributed by atoms with Crippen molar-refractivity contribution >= 4 is 29.9 Å². The molecular formula is C18H30FIN4O2. The van der Waals surface area contributed by atoms with E-state index in [0.717, 1.165) is 50.9 Å². The van der Waals surface area contributed by atoms with Crippen molar-refractivity contribution in [1.29, 1.82) is 0 Å². The summed E-state index contributed by atoms with van der Waals surface area (Å²) in [6, 6.07) is 5.10. The molecule has 1 saturated heterocycles. The minimum absolute atomic E-state index is 0. The normalized spacial score (nSPS) is 16.7. The van der Waals surface area contributed by atoms with Crippen LogP contribution in [0.25, 0.3) is 0 Å². The lowest BCUT2D eigenvalue weighted by atomic mass is 10.1. The Kier molecular flexibility index (Phi) is 11.0. The highest BCUT2D eigenvalue weighted by atomic mass is 127. The summed E-state index contributed by atoms with van der Waals surface area (Å²) in [7, 11) is 0. The lowest BCUT2D eigenvalue weighted by Crippen LogP contribution is -2.49. The van der Waals surface area contributed by atoms with Crippen LogP contribution in [0.5, 0.6) is 0 Å². The molecule has 1 fully saturated rings. The van der Waals surface area contributed by atoms with E-state index in [2.05, 4.69) is 27.4 Å². The second kappa shape index (κ2) is 12.4. The summed E-state index contributed by atoms with van der Waals surface area (Å²) in [4.78, 5) is 6.95. The van der Waals surface area contributed by atoms with Gasteiger partial charge in [0.15, 0.2) is 5.96 Å². The van der Waals surface area contributed by atoms with Crippen molar-refractivity contribution in [2.45, 2.75) is 33.0 Å². The zero-order chi connectivity index (χ0) is 18.1. The smallest absolute Gasteiger partial charge is 0.191 e. The maximum absolute atomic E-state index is 13.4. The number of benzene rings is 1. The van der Waals surface area contributed by atoms with E-state index in [1.54, 1.807) is 12.1 Å². The van der Waals surface area contributed by atoms with E-state index in [-0.39, 0.29) is 36.4 Å². The van der Waals surface area contributed by atoms with Gasteiger partial charge in [0.05, 0.1) is 26.4 Å². The highest BCUT2D eigenvalue weighted by Crippen LogP contribution is 2.11. The quantitative estimate of drug-likeness (QED) is 0.315. The van der Waals surface area contributed by atoms with Crippen LogP contribution in [-0.4, -0.2) is 61.4 Å². The van der Waals surface area contributed by atoms with Gasteiger partial charge in [-0.2, -0.15) is 0 Å². The predicted molar refractivity (Wildman–Crippen MR) is 112 cm³/mol. The first-order valence-electron chi connectivity index (χ1n) is 8.86. The van der Waals surface area contributed by atoms with Crippen molar-refractivity contribution in [2.75, 3.05) is 39.4 Å². The minimum atomic E-state index is -0.389. The molecule has 1 aliphatic heterocycles. The monoisotopic (exact) mass is 480 g/mol. The Balaban J connectivity index is 0.00000338. The van der Waals surface area contributed by atoms with E-state index in [1.165, 1.54) is 6.07 Å². The Morgan fingerprint density at radius 1 is 1.35 bits per heavy atom. The van der Waals surface area contributed by atoms with E-state index in [4.69, 9.17) is 9.84 Å². The average Bonchev–Trinajstić information content (AvgIpc) is 2.65. The summed E-state index contributed by atoms with van der Waals surface area (Å²) in [6.07, 6.45) is 0. The minimum Gasteiger partial charge on any atom is -0.392 e. The first-order chi connectivity index (χ1) is 12.1. The Labute approximate surface area is 172 Å². The number of hydrogen-bond donors (Lipinski definition) is 3. The molecule has 148 valence electrons. The van der Waals surface area contributed by atoms with Crippen molar-refractivity contribution in [1.82, 2.24) is 15.5 Å². The van der Waals surface area contributed by atoms with Crippen molar-refractivity contribution in [3.63, 3.8) is 0 Å². The van der Waals surface area contributed by atoms with E-state index < -0.39 is 0 Å². The van der Waals surface area contributed by atoms with Gasteiger partial charge in [-0.3, -0.25) is 4.90 Å². The molecule has 1 unspecified atom stereocenters. The number of ether oxygens (including phenoxy) is 1. The number of guanidine groups is 1. The number of aliphatic imine (C=N–C) groups is 1. The fourth-order valence-electron chi connectivity index (χ4n) is 2.75. The molecule has 0 spiro atoms. The number of aliphatic hydroxyl groups is 1. The fraction of sp³-hybridized carbons (Fsp3) is 0.611. The maximum atomic E-state index is 13.4. The second-order valence-corrected chi connectivity index (χ2v) is 6.16. The molecule has 8 heteroatoms. The van der Waals surface area contributed by atoms with Gasteiger partial charge in [0, 0.05) is 37.8 Å². The molecule has 2 rings (SSSR count). The van der Waals surface area contributed by atoms with Gasteiger partial charge in [0.25, 0.3) is 0 Å². The molecule has 0 saturated carbocycles. The summed E-state index contributed by atoms with van der Waals surface area (Å²) >= 11 is 0. The summed E-state index contributed by atoms with van der Waals surface area (Å²) in [5.74, 6) is 0.345. The molecule has 3 N–H and O–H groups in total.